The van der Waals surface area contributed by atoms with E-state index in [1.165, 1.54) is 0 Å². The topological polar surface area (TPSA) is 73.2 Å². The van der Waals surface area contributed by atoms with Crippen LogP contribution in [-0.4, -0.2) is 43.8 Å². The molecule has 6 nitrogen and oxygen atoms in total. The Morgan fingerprint density at radius 2 is 2.10 bits per heavy atom. The van der Waals surface area contributed by atoms with Crippen LogP contribution in [0.3, 0.4) is 0 Å². The van der Waals surface area contributed by atoms with Gasteiger partial charge in [-0.1, -0.05) is 0 Å². The van der Waals surface area contributed by atoms with Crippen molar-refractivity contribution in [1.82, 2.24) is 14.5 Å². The van der Waals surface area contributed by atoms with Crippen LogP contribution in [0.25, 0.3) is 0 Å². The summed E-state index contributed by atoms with van der Waals surface area (Å²) in [6.07, 6.45) is 0.564. The average Bonchev–Trinajstić information content (AvgIpc) is 2.68. The number of hydrogen-bond donors (Lipinski definition) is 1. The van der Waals surface area contributed by atoms with Crippen molar-refractivity contribution < 1.29 is 13.2 Å². The van der Waals surface area contributed by atoms with Gasteiger partial charge in [-0.25, -0.2) is 13.1 Å². The van der Waals surface area contributed by atoms with Crippen LogP contribution in [0.15, 0.2) is 4.90 Å². The lowest BCUT2D eigenvalue weighted by Gasteiger charge is -2.11. The Labute approximate surface area is 125 Å². The fourth-order valence-corrected chi connectivity index (χ4v) is 3.52. The molecule has 1 rings (SSSR count). The minimum absolute atomic E-state index is 0.184. The summed E-state index contributed by atoms with van der Waals surface area (Å²) in [5.41, 5.74) is 1.12. The van der Waals surface area contributed by atoms with Gasteiger partial charge in [-0.15, -0.1) is 11.6 Å². The average molecular weight is 324 g/mol. The van der Waals surface area contributed by atoms with Crippen LogP contribution in [0, 0.1) is 13.8 Å². The number of aryl methyl sites for hydroxylation is 2. The minimum Gasteiger partial charge on any atom is -0.380 e. The smallest absolute Gasteiger partial charge is 0.244 e. The molecule has 0 saturated heterocycles. The lowest BCUT2D eigenvalue weighted by molar-refractivity contribution is 0.122. The number of hydrogen-bond acceptors (Lipinski definition) is 4. The van der Waals surface area contributed by atoms with Crippen molar-refractivity contribution in [3.05, 3.63) is 11.4 Å². The number of nitrogens with one attached hydrogen (secondary N) is 1. The van der Waals surface area contributed by atoms with Crippen LogP contribution in [0.4, 0.5) is 0 Å². The number of rotatable bonds is 8. The van der Waals surface area contributed by atoms with Crippen LogP contribution in [-0.2, 0) is 21.3 Å². The van der Waals surface area contributed by atoms with E-state index in [4.69, 9.17) is 16.3 Å². The summed E-state index contributed by atoms with van der Waals surface area (Å²) in [5.74, 6) is 0.518. The highest BCUT2D eigenvalue weighted by Gasteiger charge is 2.24. The quantitative estimate of drug-likeness (QED) is 0.735. The molecule has 0 aromatic carbocycles. The van der Waals surface area contributed by atoms with Gasteiger partial charge in [0.25, 0.3) is 0 Å². The van der Waals surface area contributed by atoms with E-state index in [1.807, 2.05) is 0 Å². The predicted octanol–water partition coefficient (Wildman–Crippen LogP) is 1.44. The van der Waals surface area contributed by atoms with E-state index in [0.29, 0.717) is 23.8 Å². The minimum atomic E-state index is -3.58. The summed E-state index contributed by atoms with van der Waals surface area (Å²) in [4.78, 5) is 0.246. The van der Waals surface area contributed by atoms with Gasteiger partial charge >= 0.3 is 0 Å². The summed E-state index contributed by atoms with van der Waals surface area (Å²) in [6, 6.07) is 0. The molecule has 0 spiro atoms. The molecular weight excluding hydrogens is 302 g/mol. The molecule has 0 radical (unpaired) electrons. The molecule has 1 aromatic rings. The number of halogens is 1. The van der Waals surface area contributed by atoms with Crippen molar-refractivity contribution in [2.24, 2.45) is 0 Å². The summed E-state index contributed by atoms with van der Waals surface area (Å²) in [7, 11) is -2.04. The lowest BCUT2D eigenvalue weighted by atomic mass is 10.4. The van der Waals surface area contributed by atoms with Gasteiger partial charge in [-0.3, -0.25) is 4.68 Å². The summed E-state index contributed by atoms with van der Waals surface area (Å²) in [6.45, 7) is 6.08. The molecule has 1 N–H and O–H groups in total. The molecule has 0 amide bonds. The molecule has 0 aliphatic rings. The van der Waals surface area contributed by atoms with E-state index in [2.05, 4.69) is 9.82 Å². The first kappa shape index (κ1) is 17.4. The van der Waals surface area contributed by atoms with E-state index in [0.717, 1.165) is 6.42 Å². The van der Waals surface area contributed by atoms with Gasteiger partial charge in [0.2, 0.25) is 10.0 Å². The molecule has 0 bridgehead atoms. The Morgan fingerprint density at radius 1 is 1.45 bits per heavy atom. The van der Waals surface area contributed by atoms with Crippen LogP contribution < -0.4 is 4.72 Å². The Morgan fingerprint density at radius 3 is 2.65 bits per heavy atom. The maximum Gasteiger partial charge on any atom is 0.244 e. The fourth-order valence-electron chi connectivity index (χ4n) is 1.88. The SMILES string of the molecule is COC(C)CNS(=O)(=O)c1c(C)nn(CCCCl)c1C. The highest BCUT2D eigenvalue weighted by Crippen LogP contribution is 2.19. The molecule has 1 unspecified atom stereocenters. The highest BCUT2D eigenvalue weighted by atomic mass is 35.5. The second kappa shape index (κ2) is 7.40. The molecule has 8 heteroatoms. The van der Waals surface area contributed by atoms with Crippen LogP contribution in [0.1, 0.15) is 24.7 Å². The molecular formula is C12H22ClN3O3S. The standard InChI is InChI=1S/C12H22ClN3O3S/c1-9(19-4)8-14-20(17,18)12-10(2)15-16(11(12)3)7-5-6-13/h9,14H,5-8H2,1-4H3. The van der Waals surface area contributed by atoms with Crippen LogP contribution in [0.5, 0.6) is 0 Å². The third-order valence-corrected chi connectivity index (χ3v) is 4.99. The summed E-state index contributed by atoms with van der Waals surface area (Å²) in [5, 5.41) is 4.27. The highest BCUT2D eigenvalue weighted by molar-refractivity contribution is 7.89. The van der Waals surface area contributed by atoms with Crippen LogP contribution in [0.2, 0.25) is 0 Å². The zero-order chi connectivity index (χ0) is 15.3. The first-order valence-electron chi connectivity index (χ1n) is 6.46. The summed E-state index contributed by atoms with van der Waals surface area (Å²) < 4.78 is 33.9. The Bertz CT molecular complexity index is 542. The maximum atomic E-state index is 12.3. The first-order chi connectivity index (χ1) is 9.33. The molecule has 0 aliphatic heterocycles. The van der Waals surface area contributed by atoms with Gasteiger partial charge < -0.3 is 4.74 Å². The molecule has 1 aromatic heterocycles. The molecule has 1 atom stereocenters. The second-order valence-electron chi connectivity index (χ2n) is 4.66. The molecule has 116 valence electrons. The van der Waals surface area contributed by atoms with Crippen molar-refractivity contribution in [3.8, 4) is 0 Å². The van der Waals surface area contributed by atoms with Gasteiger partial charge in [0.05, 0.1) is 17.5 Å². The van der Waals surface area contributed by atoms with Gasteiger partial charge in [0.1, 0.15) is 4.90 Å². The third-order valence-electron chi connectivity index (χ3n) is 3.05. The van der Waals surface area contributed by atoms with Gasteiger partial charge in [0.15, 0.2) is 0 Å². The number of nitrogens with zero attached hydrogens (tertiary/aromatic N) is 2. The summed E-state index contributed by atoms with van der Waals surface area (Å²) >= 11 is 5.66. The molecule has 0 fully saturated rings. The Hall–Kier alpha value is -0.630. The van der Waals surface area contributed by atoms with Crippen LogP contribution >= 0.6 is 11.6 Å². The molecule has 1 heterocycles. The predicted molar refractivity (Wildman–Crippen MR) is 78.7 cm³/mol. The normalized spacial score (nSPS) is 13.7. The monoisotopic (exact) mass is 323 g/mol. The number of aromatic nitrogens is 2. The zero-order valence-corrected chi connectivity index (χ0v) is 13.9. The number of sulfonamides is 1. The molecule has 0 aliphatic carbocycles. The van der Waals surface area contributed by atoms with E-state index < -0.39 is 10.0 Å². The zero-order valence-electron chi connectivity index (χ0n) is 12.3. The fraction of sp³-hybridized carbons (Fsp3) is 0.750. The van der Waals surface area contributed by atoms with Crippen molar-refractivity contribution in [3.63, 3.8) is 0 Å². The van der Waals surface area contributed by atoms with Crippen molar-refractivity contribution in [2.75, 3.05) is 19.5 Å². The van der Waals surface area contributed by atoms with Crippen molar-refractivity contribution >= 4 is 21.6 Å². The Balaban J connectivity index is 2.97. The number of ether oxygens (including phenoxy) is 1. The largest absolute Gasteiger partial charge is 0.380 e. The number of alkyl halides is 1. The third kappa shape index (κ3) is 4.18. The molecule has 0 saturated carbocycles. The first-order valence-corrected chi connectivity index (χ1v) is 8.47. The van der Waals surface area contributed by atoms with Crippen molar-refractivity contribution in [2.45, 2.75) is 44.7 Å². The van der Waals surface area contributed by atoms with E-state index in [-0.39, 0.29) is 17.5 Å². The Kier molecular flexibility index (Phi) is 6.44. The van der Waals surface area contributed by atoms with Gasteiger partial charge in [-0.05, 0) is 27.2 Å². The van der Waals surface area contributed by atoms with E-state index >= 15 is 0 Å². The van der Waals surface area contributed by atoms with Gasteiger partial charge in [0, 0.05) is 26.1 Å². The van der Waals surface area contributed by atoms with E-state index in [1.54, 1.807) is 32.6 Å². The van der Waals surface area contributed by atoms with E-state index in [9.17, 15) is 8.42 Å². The van der Waals surface area contributed by atoms with Gasteiger partial charge in [-0.2, -0.15) is 5.10 Å². The maximum absolute atomic E-state index is 12.3. The lowest BCUT2D eigenvalue weighted by Crippen LogP contribution is -2.32. The molecule has 20 heavy (non-hydrogen) atoms. The number of methoxy groups -OCH3 is 1. The van der Waals surface area contributed by atoms with Crippen molar-refractivity contribution in [1.29, 1.82) is 0 Å². The second-order valence-corrected chi connectivity index (χ2v) is 6.75.